The van der Waals surface area contributed by atoms with E-state index in [-0.39, 0.29) is 5.82 Å². The molecule has 0 bridgehead atoms. The molecule has 0 aromatic heterocycles. The maximum atomic E-state index is 12.8. The van der Waals surface area contributed by atoms with Crippen molar-refractivity contribution in [1.29, 1.82) is 0 Å². The summed E-state index contributed by atoms with van der Waals surface area (Å²) in [6, 6.07) is 7.68. The van der Waals surface area contributed by atoms with Crippen molar-refractivity contribution in [3.05, 3.63) is 35.6 Å². The van der Waals surface area contributed by atoms with Crippen LogP contribution in [0.4, 0.5) is 4.39 Å². The molecular weight excluding hydrogens is 213 g/mol. The molecule has 0 spiro atoms. The second-order valence-electron chi connectivity index (χ2n) is 5.16. The number of benzene rings is 1. The first-order valence-corrected chi connectivity index (χ1v) is 6.75. The van der Waals surface area contributed by atoms with Crippen molar-refractivity contribution in [2.75, 3.05) is 6.54 Å². The van der Waals surface area contributed by atoms with Crippen LogP contribution in [0.15, 0.2) is 24.3 Å². The summed E-state index contributed by atoms with van der Waals surface area (Å²) in [5.74, 6) is 0.637. The zero-order chi connectivity index (χ0) is 12.1. The first-order chi connectivity index (χ1) is 8.28. The minimum Gasteiger partial charge on any atom is -0.314 e. The summed E-state index contributed by atoms with van der Waals surface area (Å²) in [6.07, 6.45) is 6.19. The maximum absolute atomic E-state index is 12.8. The highest BCUT2D eigenvalue weighted by Gasteiger charge is 2.23. The fraction of sp³-hybridized carbons (Fsp3) is 0.600. The molecule has 94 valence electrons. The lowest BCUT2D eigenvalue weighted by Gasteiger charge is -2.12. The monoisotopic (exact) mass is 235 g/mol. The summed E-state index contributed by atoms with van der Waals surface area (Å²) in [5.41, 5.74) is 1.27. The lowest BCUT2D eigenvalue weighted by atomic mass is 9.98. The average Bonchev–Trinajstić information content (AvgIpc) is 2.77. The summed E-state index contributed by atoms with van der Waals surface area (Å²) in [5, 5.41) is 3.60. The van der Waals surface area contributed by atoms with E-state index in [1.165, 1.54) is 31.2 Å². The Balaban J connectivity index is 1.79. The van der Waals surface area contributed by atoms with Gasteiger partial charge in [-0.2, -0.15) is 0 Å². The normalized spacial score (nSPS) is 24.1. The van der Waals surface area contributed by atoms with E-state index >= 15 is 0 Å². The van der Waals surface area contributed by atoms with Crippen LogP contribution in [0.2, 0.25) is 0 Å². The molecule has 1 aromatic carbocycles. The third-order valence-electron chi connectivity index (χ3n) is 3.66. The van der Waals surface area contributed by atoms with Crippen molar-refractivity contribution in [2.45, 2.75) is 45.1 Å². The molecule has 2 atom stereocenters. The van der Waals surface area contributed by atoms with Crippen LogP contribution in [0.1, 0.15) is 38.2 Å². The van der Waals surface area contributed by atoms with E-state index in [2.05, 4.69) is 12.2 Å². The van der Waals surface area contributed by atoms with E-state index in [1.54, 1.807) is 12.1 Å². The minimum absolute atomic E-state index is 0.136. The molecule has 0 radical (unpaired) electrons. The molecule has 1 saturated carbocycles. The summed E-state index contributed by atoms with van der Waals surface area (Å²) in [7, 11) is 0. The number of hydrogen-bond acceptors (Lipinski definition) is 1. The van der Waals surface area contributed by atoms with Crippen molar-refractivity contribution in [1.82, 2.24) is 5.32 Å². The molecule has 1 aromatic rings. The number of nitrogens with one attached hydrogen (secondary N) is 1. The van der Waals surface area contributed by atoms with Gasteiger partial charge in [-0.3, -0.25) is 0 Å². The van der Waals surface area contributed by atoms with E-state index in [0.717, 1.165) is 18.9 Å². The largest absolute Gasteiger partial charge is 0.314 e. The molecule has 0 heterocycles. The smallest absolute Gasteiger partial charge is 0.123 e. The van der Waals surface area contributed by atoms with Crippen LogP contribution in [0.3, 0.4) is 0 Å². The first kappa shape index (κ1) is 12.6. The Hall–Kier alpha value is -0.890. The van der Waals surface area contributed by atoms with E-state index in [0.29, 0.717) is 6.04 Å². The molecule has 2 unspecified atom stereocenters. The van der Waals surface area contributed by atoms with Gasteiger partial charge in [0.2, 0.25) is 0 Å². The van der Waals surface area contributed by atoms with Crippen molar-refractivity contribution in [3.8, 4) is 0 Å². The molecule has 17 heavy (non-hydrogen) atoms. The summed E-state index contributed by atoms with van der Waals surface area (Å²) >= 11 is 0. The predicted molar refractivity (Wildman–Crippen MR) is 69.5 cm³/mol. The molecule has 0 aliphatic heterocycles. The van der Waals surface area contributed by atoms with Crippen LogP contribution in [-0.2, 0) is 6.42 Å². The molecule has 0 amide bonds. The number of hydrogen-bond donors (Lipinski definition) is 1. The molecule has 1 N–H and O–H groups in total. The summed E-state index contributed by atoms with van der Waals surface area (Å²) in [6.45, 7) is 3.34. The van der Waals surface area contributed by atoms with E-state index in [4.69, 9.17) is 0 Å². The van der Waals surface area contributed by atoms with Gasteiger partial charge in [-0.15, -0.1) is 0 Å². The van der Waals surface area contributed by atoms with Gasteiger partial charge in [-0.05, 0) is 62.3 Å². The zero-order valence-electron chi connectivity index (χ0n) is 10.6. The van der Waals surface area contributed by atoms with Crippen LogP contribution < -0.4 is 5.32 Å². The van der Waals surface area contributed by atoms with Crippen molar-refractivity contribution in [2.24, 2.45) is 5.92 Å². The van der Waals surface area contributed by atoms with Gasteiger partial charge in [-0.1, -0.05) is 19.1 Å². The summed E-state index contributed by atoms with van der Waals surface area (Å²) in [4.78, 5) is 0. The third-order valence-corrected chi connectivity index (χ3v) is 3.66. The first-order valence-electron chi connectivity index (χ1n) is 6.75. The van der Waals surface area contributed by atoms with Crippen LogP contribution >= 0.6 is 0 Å². The summed E-state index contributed by atoms with van der Waals surface area (Å²) < 4.78 is 12.8. The third kappa shape index (κ3) is 3.81. The molecular formula is C15H22FN. The van der Waals surface area contributed by atoms with Gasteiger partial charge < -0.3 is 5.32 Å². The van der Waals surface area contributed by atoms with Crippen LogP contribution in [0.5, 0.6) is 0 Å². The number of rotatable bonds is 5. The second-order valence-corrected chi connectivity index (χ2v) is 5.16. The lowest BCUT2D eigenvalue weighted by Crippen LogP contribution is -2.27. The predicted octanol–water partition coefficient (Wildman–Crippen LogP) is 3.54. The molecule has 0 saturated heterocycles. The fourth-order valence-electron chi connectivity index (χ4n) is 2.75. The van der Waals surface area contributed by atoms with Crippen molar-refractivity contribution in [3.63, 3.8) is 0 Å². The van der Waals surface area contributed by atoms with Crippen molar-refractivity contribution >= 4 is 0 Å². The van der Waals surface area contributed by atoms with Gasteiger partial charge in [0.05, 0.1) is 0 Å². The topological polar surface area (TPSA) is 12.0 Å². The molecule has 1 aliphatic carbocycles. The van der Waals surface area contributed by atoms with Gasteiger partial charge in [0, 0.05) is 6.04 Å². The van der Waals surface area contributed by atoms with Gasteiger partial charge in [0.1, 0.15) is 5.82 Å². The number of halogens is 1. The highest BCUT2D eigenvalue weighted by molar-refractivity contribution is 5.16. The quantitative estimate of drug-likeness (QED) is 0.823. The highest BCUT2D eigenvalue weighted by Crippen LogP contribution is 2.28. The van der Waals surface area contributed by atoms with Crippen molar-refractivity contribution < 1.29 is 4.39 Å². The molecule has 1 aliphatic rings. The highest BCUT2D eigenvalue weighted by atomic mass is 19.1. The average molecular weight is 235 g/mol. The van der Waals surface area contributed by atoms with Gasteiger partial charge in [0.25, 0.3) is 0 Å². The van der Waals surface area contributed by atoms with E-state index < -0.39 is 0 Å². The maximum Gasteiger partial charge on any atom is 0.123 e. The van der Waals surface area contributed by atoms with Crippen LogP contribution in [0.25, 0.3) is 0 Å². The van der Waals surface area contributed by atoms with Gasteiger partial charge >= 0.3 is 0 Å². The molecule has 1 nitrogen and oxygen atoms in total. The van der Waals surface area contributed by atoms with E-state index in [9.17, 15) is 4.39 Å². The fourth-order valence-corrected chi connectivity index (χ4v) is 2.75. The molecule has 2 rings (SSSR count). The van der Waals surface area contributed by atoms with Crippen LogP contribution in [-0.4, -0.2) is 12.6 Å². The Bertz CT molecular complexity index is 333. The Morgan fingerprint density at radius 3 is 2.71 bits per heavy atom. The zero-order valence-corrected chi connectivity index (χ0v) is 10.6. The van der Waals surface area contributed by atoms with Crippen LogP contribution in [0, 0.1) is 11.7 Å². The molecule has 2 heteroatoms. The Morgan fingerprint density at radius 1 is 1.24 bits per heavy atom. The Labute approximate surface area is 103 Å². The SMILES string of the molecule is CCCNC1CCC(Cc2ccc(F)cc2)C1. The van der Waals surface area contributed by atoms with E-state index in [1.807, 2.05) is 12.1 Å². The van der Waals surface area contributed by atoms with Gasteiger partial charge in [0.15, 0.2) is 0 Å². The molecule has 1 fully saturated rings. The Kier molecular flexibility index (Phi) is 4.55. The Morgan fingerprint density at radius 2 is 2.00 bits per heavy atom. The van der Waals surface area contributed by atoms with Gasteiger partial charge in [-0.25, -0.2) is 4.39 Å². The lowest BCUT2D eigenvalue weighted by molar-refractivity contribution is 0.484. The standard InChI is InChI=1S/C15H22FN/c1-2-9-17-15-8-5-13(11-15)10-12-3-6-14(16)7-4-12/h3-4,6-7,13,15,17H,2,5,8-11H2,1H3. The minimum atomic E-state index is -0.136. The second kappa shape index (κ2) is 6.15.